The molecule has 0 N–H and O–H groups in total. The van der Waals surface area contributed by atoms with Crippen LogP contribution in [0.1, 0.15) is 38.3 Å². The van der Waals surface area contributed by atoms with Crippen molar-refractivity contribution >= 4 is 6.08 Å². The Bertz CT molecular complexity index is 944. The molecule has 3 rings (SSSR count). The van der Waals surface area contributed by atoms with E-state index in [1.165, 1.54) is 11.6 Å². The zero-order valence-corrected chi connectivity index (χ0v) is 17.2. The quantitative estimate of drug-likeness (QED) is 0.399. The average molecular weight is 390 g/mol. The second kappa shape index (κ2) is 9.42. The van der Waals surface area contributed by atoms with Crippen LogP contribution in [0.2, 0.25) is 0 Å². The van der Waals surface area contributed by atoms with Crippen molar-refractivity contribution in [3.63, 3.8) is 0 Å². The Morgan fingerprint density at radius 3 is 2.31 bits per heavy atom. The zero-order valence-electron chi connectivity index (χ0n) is 17.2. The van der Waals surface area contributed by atoms with Crippen molar-refractivity contribution in [1.82, 2.24) is 0 Å². The van der Waals surface area contributed by atoms with Gasteiger partial charge < -0.3 is 9.47 Å². The summed E-state index contributed by atoms with van der Waals surface area (Å²) >= 11 is 0. The Morgan fingerprint density at radius 2 is 1.62 bits per heavy atom. The Kier molecular flexibility index (Phi) is 6.71. The second-order valence-corrected chi connectivity index (χ2v) is 7.55. The van der Waals surface area contributed by atoms with E-state index in [1.807, 2.05) is 43.3 Å². The Labute approximate surface area is 172 Å². The van der Waals surface area contributed by atoms with Crippen LogP contribution in [0, 0.1) is 5.82 Å². The number of halogens is 1. The highest BCUT2D eigenvalue weighted by Crippen LogP contribution is 2.30. The van der Waals surface area contributed by atoms with Crippen molar-refractivity contribution in [3.05, 3.63) is 95.8 Å². The molecule has 0 heterocycles. The smallest absolute Gasteiger partial charge is 0.165 e. The third kappa shape index (κ3) is 5.71. The molecule has 0 aliphatic rings. The van der Waals surface area contributed by atoms with Gasteiger partial charge in [0.1, 0.15) is 11.5 Å². The summed E-state index contributed by atoms with van der Waals surface area (Å²) in [5.74, 6) is 1.36. The van der Waals surface area contributed by atoms with Gasteiger partial charge in [0.15, 0.2) is 11.6 Å². The topological polar surface area (TPSA) is 18.5 Å². The first-order chi connectivity index (χ1) is 14.0. The molecule has 3 aromatic carbocycles. The summed E-state index contributed by atoms with van der Waals surface area (Å²) in [5.41, 5.74) is 2.13. The maximum Gasteiger partial charge on any atom is 0.165 e. The number of para-hydroxylation sites is 1. The van der Waals surface area contributed by atoms with Gasteiger partial charge in [0, 0.05) is 0 Å². The zero-order chi connectivity index (χ0) is 20.7. The third-order valence-corrected chi connectivity index (χ3v) is 4.81. The fourth-order valence-electron chi connectivity index (χ4n) is 3.09. The van der Waals surface area contributed by atoms with Crippen molar-refractivity contribution < 1.29 is 13.9 Å². The number of benzene rings is 3. The van der Waals surface area contributed by atoms with Crippen LogP contribution in [0.25, 0.3) is 6.08 Å². The van der Waals surface area contributed by atoms with Crippen LogP contribution in [0.4, 0.5) is 4.39 Å². The molecule has 0 unspecified atom stereocenters. The summed E-state index contributed by atoms with van der Waals surface area (Å²) in [5, 5.41) is 0. The summed E-state index contributed by atoms with van der Waals surface area (Å²) in [6, 6.07) is 22.4. The molecule has 0 atom stereocenters. The van der Waals surface area contributed by atoms with Crippen molar-refractivity contribution in [3.8, 4) is 17.2 Å². The molecule has 0 fully saturated rings. The van der Waals surface area contributed by atoms with Crippen LogP contribution in [-0.2, 0) is 5.41 Å². The first kappa shape index (κ1) is 20.7. The van der Waals surface area contributed by atoms with Crippen molar-refractivity contribution in [1.29, 1.82) is 0 Å². The lowest BCUT2D eigenvalue weighted by Gasteiger charge is -2.24. The van der Waals surface area contributed by atoms with E-state index in [4.69, 9.17) is 9.47 Å². The van der Waals surface area contributed by atoms with Gasteiger partial charge in [-0.3, -0.25) is 0 Å². The Balaban J connectivity index is 1.68. The molecule has 0 amide bonds. The summed E-state index contributed by atoms with van der Waals surface area (Å²) in [4.78, 5) is 0. The Hall–Kier alpha value is -3.07. The molecule has 0 aliphatic carbocycles. The average Bonchev–Trinajstić information content (AvgIpc) is 2.72. The molecule has 2 nitrogen and oxygen atoms in total. The van der Waals surface area contributed by atoms with Gasteiger partial charge in [0.2, 0.25) is 0 Å². The molecule has 0 spiro atoms. The maximum atomic E-state index is 14.1. The standard InChI is InChI=1S/C26H27FO2/c1-4-28-22-15-13-21(14-16-22)26(2,3)18-8-9-20-12-17-24(27)25(19-20)29-23-10-6-5-7-11-23/h5-17,19H,4,18H2,1-3H3/b9-8+. The molecule has 3 heteroatoms. The van der Waals surface area contributed by atoms with Crippen LogP contribution >= 0.6 is 0 Å². The van der Waals surface area contributed by atoms with Crippen LogP contribution in [0.5, 0.6) is 17.2 Å². The van der Waals surface area contributed by atoms with Crippen LogP contribution in [0.15, 0.2) is 78.9 Å². The fraction of sp³-hybridized carbons (Fsp3) is 0.231. The highest BCUT2D eigenvalue weighted by molar-refractivity contribution is 5.53. The van der Waals surface area contributed by atoms with Crippen LogP contribution in [0.3, 0.4) is 0 Å². The van der Waals surface area contributed by atoms with Gasteiger partial charge in [-0.1, -0.05) is 62.4 Å². The number of allylic oxidation sites excluding steroid dienone is 1. The molecular formula is C26H27FO2. The molecule has 0 radical (unpaired) electrons. The van der Waals surface area contributed by atoms with Crippen molar-refractivity contribution in [2.75, 3.05) is 6.61 Å². The second-order valence-electron chi connectivity index (χ2n) is 7.55. The molecule has 0 saturated heterocycles. The van der Waals surface area contributed by atoms with E-state index in [9.17, 15) is 4.39 Å². The predicted molar refractivity (Wildman–Crippen MR) is 117 cm³/mol. The van der Waals surface area contributed by atoms with E-state index in [0.717, 1.165) is 17.7 Å². The predicted octanol–water partition coefficient (Wildman–Crippen LogP) is 7.40. The SMILES string of the molecule is CCOc1ccc(C(C)(C)C/C=C/c2ccc(F)c(Oc3ccccc3)c2)cc1. The monoisotopic (exact) mass is 390 g/mol. The summed E-state index contributed by atoms with van der Waals surface area (Å²) in [6.07, 6.45) is 4.98. The number of ether oxygens (including phenoxy) is 2. The van der Waals surface area contributed by atoms with Crippen LogP contribution in [-0.4, -0.2) is 6.61 Å². The van der Waals surface area contributed by atoms with E-state index in [2.05, 4.69) is 32.1 Å². The first-order valence-corrected chi connectivity index (χ1v) is 9.90. The van der Waals surface area contributed by atoms with E-state index in [-0.39, 0.29) is 17.0 Å². The molecule has 0 aliphatic heterocycles. The summed E-state index contributed by atoms with van der Waals surface area (Å²) in [7, 11) is 0. The molecule has 0 bridgehead atoms. The summed E-state index contributed by atoms with van der Waals surface area (Å²) in [6.45, 7) is 7.07. The van der Waals surface area contributed by atoms with Gasteiger partial charge in [-0.2, -0.15) is 0 Å². The minimum atomic E-state index is -0.374. The van der Waals surface area contributed by atoms with E-state index >= 15 is 0 Å². The van der Waals surface area contributed by atoms with Crippen molar-refractivity contribution in [2.24, 2.45) is 0 Å². The Morgan fingerprint density at radius 1 is 0.897 bits per heavy atom. The minimum Gasteiger partial charge on any atom is -0.494 e. The normalized spacial score (nSPS) is 11.6. The van der Waals surface area contributed by atoms with E-state index in [0.29, 0.717) is 12.4 Å². The number of hydrogen-bond acceptors (Lipinski definition) is 2. The van der Waals surface area contributed by atoms with Gasteiger partial charge in [-0.05, 0) is 66.3 Å². The van der Waals surface area contributed by atoms with E-state index < -0.39 is 0 Å². The molecule has 0 aromatic heterocycles. The fourth-order valence-corrected chi connectivity index (χ4v) is 3.09. The summed E-state index contributed by atoms with van der Waals surface area (Å²) < 4.78 is 25.3. The maximum absolute atomic E-state index is 14.1. The van der Waals surface area contributed by atoms with Crippen LogP contribution < -0.4 is 9.47 Å². The minimum absolute atomic E-state index is 0.0232. The van der Waals surface area contributed by atoms with Gasteiger partial charge in [-0.25, -0.2) is 4.39 Å². The third-order valence-electron chi connectivity index (χ3n) is 4.81. The van der Waals surface area contributed by atoms with Gasteiger partial charge >= 0.3 is 0 Å². The molecule has 29 heavy (non-hydrogen) atoms. The highest BCUT2D eigenvalue weighted by atomic mass is 19.1. The van der Waals surface area contributed by atoms with Crippen molar-refractivity contribution in [2.45, 2.75) is 32.6 Å². The van der Waals surface area contributed by atoms with Gasteiger partial charge in [-0.15, -0.1) is 0 Å². The first-order valence-electron chi connectivity index (χ1n) is 9.90. The lowest BCUT2D eigenvalue weighted by atomic mass is 9.81. The lowest BCUT2D eigenvalue weighted by molar-refractivity contribution is 0.340. The number of hydrogen-bond donors (Lipinski definition) is 0. The lowest BCUT2D eigenvalue weighted by Crippen LogP contribution is -2.15. The molecule has 3 aromatic rings. The largest absolute Gasteiger partial charge is 0.494 e. The molecular weight excluding hydrogens is 363 g/mol. The number of rotatable bonds is 8. The van der Waals surface area contributed by atoms with Gasteiger partial charge in [0.05, 0.1) is 6.61 Å². The highest BCUT2D eigenvalue weighted by Gasteiger charge is 2.18. The van der Waals surface area contributed by atoms with E-state index in [1.54, 1.807) is 24.3 Å². The van der Waals surface area contributed by atoms with Gasteiger partial charge in [0.25, 0.3) is 0 Å². The molecule has 150 valence electrons. The molecule has 0 saturated carbocycles.